The lowest BCUT2D eigenvalue weighted by Gasteiger charge is -2.31. The average Bonchev–Trinajstić information content (AvgIpc) is 3.00. The fourth-order valence-electron chi connectivity index (χ4n) is 1.92. The number of nitrogens with one attached hydrogen (secondary N) is 1. The third-order valence-corrected chi connectivity index (χ3v) is 3.08. The van der Waals surface area contributed by atoms with Crippen molar-refractivity contribution in [3.05, 3.63) is 0 Å². The Labute approximate surface area is 109 Å². The summed E-state index contributed by atoms with van der Waals surface area (Å²) in [4.78, 5) is 13.4. The van der Waals surface area contributed by atoms with Gasteiger partial charge in [-0.3, -0.25) is 10.1 Å². The van der Waals surface area contributed by atoms with Gasteiger partial charge in [-0.1, -0.05) is 0 Å². The number of ether oxygens (including phenoxy) is 1. The molecule has 0 aromatic heterocycles. The summed E-state index contributed by atoms with van der Waals surface area (Å²) in [5.41, 5.74) is -0.867. The van der Waals surface area contributed by atoms with Crippen molar-refractivity contribution >= 4 is 5.97 Å². The van der Waals surface area contributed by atoms with Gasteiger partial charge < -0.3 is 14.7 Å². The molecule has 0 radical (unpaired) electrons. The van der Waals surface area contributed by atoms with E-state index in [9.17, 15) is 9.90 Å². The molecule has 1 atom stereocenters. The predicted octanol–water partition coefficient (Wildman–Crippen LogP) is 0.939. The number of hydrogen-bond acceptors (Lipinski definition) is 4. The first-order valence-electron chi connectivity index (χ1n) is 6.65. The molecule has 1 fully saturated rings. The van der Waals surface area contributed by atoms with Gasteiger partial charge in [0.1, 0.15) is 5.54 Å². The van der Waals surface area contributed by atoms with Crippen LogP contribution in [0.3, 0.4) is 0 Å². The molecule has 0 aromatic carbocycles. The van der Waals surface area contributed by atoms with Gasteiger partial charge in [-0.25, -0.2) is 0 Å². The Morgan fingerprint density at radius 3 is 2.61 bits per heavy atom. The quantitative estimate of drug-likeness (QED) is 0.644. The summed E-state index contributed by atoms with van der Waals surface area (Å²) in [7, 11) is 1.93. The lowest BCUT2D eigenvalue weighted by molar-refractivity contribution is -0.145. The van der Waals surface area contributed by atoms with E-state index in [1.54, 1.807) is 6.92 Å². The van der Waals surface area contributed by atoms with Crippen molar-refractivity contribution in [2.24, 2.45) is 0 Å². The van der Waals surface area contributed by atoms with Gasteiger partial charge in [-0.15, -0.1) is 0 Å². The van der Waals surface area contributed by atoms with Gasteiger partial charge in [0, 0.05) is 19.1 Å². The normalized spacial score (nSPS) is 19.2. The summed E-state index contributed by atoms with van der Waals surface area (Å²) < 4.78 is 5.47. The van der Waals surface area contributed by atoms with Gasteiger partial charge in [-0.2, -0.15) is 0 Å². The largest absolute Gasteiger partial charge is 0.480 e. The fourth-order valence-corrected chi connectivity index (χ4v) is 1.92. The van der Waals surface area contributed by atoms with Gasteiger partial charge in [-0.05, 0) is 40.7 Å². The van der Waals surface area contributed by atoms with E-state index in [0.717, 1.165) is 19.4 Å². The first kappa shape index (κ1) is 15.4. The molecule has 0 aromatic rings. The van der Waals surface area contributed by atoms with Crippen molar-refractivity contribution in [1.29, 1.82) is 0 Å². The third-order valence-electron chi connectivity index (χ3n) is 3.08. The molecule has 1 aliphatic rings. The lowest BCUT2D eigenvalue weighted by atomic mass is 10.0. The summed E-state index contributed by atoms with van der Waals surface area (Å²) in [6.07, 6.45) is 2.39. The van der Waals surface area contributed by atoms with Gasteiger partial charge >= 0.3 is 5.97 Å². The van der Waals surface area contributed by atoms with Crippen LogP contribution in [0.15, 0.2) is 0 Å². The van der Waals surface area contributed by atoms with Crippen molar-refractivity contribution in [2.75, 3.05) is 26.7 Å². The molecule has 1 aliphatic carbocycles. The molecule has 0 saturated heterocycles. The Bertz CT molecular complexity index is 279. The van der Waals surface area contributed by atoms with Gasteiger partial charge in [0.25, 0.3) is 0 Å². The van der Waals surface area contributed by atoms with Crippen LogP contribution >= 0.6 is 0 Å². The molecule has 0 bridgehead atoms. The van der Waals surface area contributed by atoms with Crippen LogP contribution in [0.4, 0.5) is 0 Å². The zero-order valence-electron chi connectivity index (χ0n) is 11.9. The Morgan fingerprint density at radius 1 is 1.56 bits per heavy atom. The number of hydrogen-bond donors (Lipinski definition) is 2. The molecule has 2 N–H and O–H groups in total. The Kier molecular flexibility index (Phi) is 5.56. The summed E-state index contributed by atoms with van der Waals surface area (Å²) >= 11 is 0. The molecule has 5 nitrogen and oxygen atoms in total. The van der Waals surface area contributed by atoms with E-state index in [1.165, 1.54) is 0 Å². The van der Waals surface area contributed by atoms with E-state index >= 15 is 0 Å². The van der Waals surface area contributed by atoms with Gasteiger partial charge in [0.05, 0.1) is 12.7 Å². The monoisotopic (exact) mass is 258 g/mol. The molecule has 0 aliphatic heterocycles. The van der Waals surface area contributed by atoms with Gasteiger partial charge in [0.15, 0.2) is 0 Å². The summed E-state index contributed by atoms with van der Waals surface area (Å²) in [6, 6.07) is 0.381. The van der Waals surface area contributed by atoms with Crippen LogP contribution in [-0.4, -0.2) is 60.4 Å². The molecule has 0 heterocycles. The molecule has 1 unspecified atom stereocenters. The van der Waals surface area contributed by atoms with Crippen LogP contribution in [0.5, 0.6) is 0 Å². The second-order valence-electron chi connectivity index (χ2n) is 5.71. The molecule has 106 valence electrons. The molecule has 18 heavy (non-hydrogen) atoms. The highest BCUT2D eigenvalue weighted by Crippen LogP contribution is 2.23. The highest BCUT2D eigenvalue weighted by molar-refractivity contribution is 5.78. The number of carboxylic acid groups (broad SMARTS) is 1. The van der Waals surface area contributed by atoms with E-state index in [1.807, 2.05) is 25.8 Å². The Balaban J connectivity index is 2.37. The second kappa shape index (κ2) is 6.50. The van der Waals surface area contributed by atoms with Crippen LogP contribution in [0, 0.1) is 0 Å². The molecular weight excluding hydrogens is 232 g/mol. The zero-order valence-corrected chi connectivity index (χ0v) is 11.9. The highest BCUT2D eigenvalue weighted by Gasteiger charge is 2.39. The maximum Gasteiger partial charge on any atom is 0.324 e. The predicted molar refractivity (Wildman–Crippen MR) is 70.8 cm³/mol. The van der Waals surface area contributed by atoms with Crippen molar-refractivity contribution in [3.8, 4) is 0 Å². The van der Waals surface area contributed by atoms with Crippen LogP contribution in [0.25, 0.3) is 0 Å². The summed E-state index contributed by atoms with van der Waals surface area (Å²) in [5, 5.41) is 12.6. The second-order valence-corrected chi connectivity index (χ2v) is 5.71. The number of aliphatic carboxylic acids is 1. The summed E-state index contributed by atoms with van der Waals surface area (Å²) in [6.45, 7) is 7.61. The maximum atomic E-state index is 11.4. The number of nitrogens with zero attached hydrogens (tertiary/aromatic N) is 1. The Hall–Kier alpha value is -0.650. The van der Waals surface area contributed by atoms with Gasteiger partial charge in [0.2, 0.25) is 0 Å². The molecule has 0 spiro atoms. The zero-order chi connectivity index (χ0) is 13.8. The molecule has 1 rings (SSSR count). The SMILES string of the molecule is CC(C)OCCN(C)CC(C)(NC1CC1)C(=O)O. The van der Waals surface area contributed by atoms with E-state index < -0.39 is 11.5 Å². The van der Waals surface area contributed by atoms with Crippen molar-refractivity contribution < 1.29 is 14.6 Å². The highest BCUT2D eigenvalue weighted by atomic mass is 16.5. The van der Waals surface area contributed by atoms with E-state index in [4.69, 9.17) is 4.74 Å². The topological polar surface area (TPSA) is 61.8 Å². The van der Waals surface area contributed by atoms with Crippen molar-refractivity contribution in [1.82, 2.24) is 10.2 Å². The van der Waals surface area contributed by atoms with Crippen molar-refractivity contribution in [2.45, 2.75) is 51.3 Å². The molecular formula is C13H26N2O3. The number of rotatable bonds is 9. The minimum Gasteiger partial charge on any atom is -0.480 e. The molecule has 0 amide bonds. The van der Waals surface area contributed by atoms with E-state index in [-0.39, 0.29) is 6.10 Å². The fraction of sp³-hybridized carbons (Fsp3) is 0.923. The van der Waals surface area contributed by atoms with Crippen LogP contribution in [0.2, 0.25) is 0 Å². The lowest BCUT2D eigenvalue weighted by Crippen LogP contribution is -2.57. The first-order chi connectivity index (χ1) is 8.33. The number of carbonyl (C=O) groups is 1. The van der Waals surface area contributed by atoms with Crippen molar-refractivity contribution in [3.63, 3.8) is 0 Å². The number of carboxylic acids is 1. The average molecular weight is 258 g/mol. The smallest absolute Gasteiger partial charge is 0.324 e. The minimum atomic E-state index is -0.867. The first-order valence-corrected chi connectivity index (χ1v) is 6.65. The molecule has 1 saturated carbocycles. The van der Waals surface area contributed by atoms with E-state index in [0.29, 0.717) is 19.2 Å². The number of likely N-dealkylation sites (N-methyl/N-ethyl adjacent to an activating group) is 1. The maximum absolute atomic E-state index is 11.4. The molecule has 5 heteroatoms. The van der Waals surface area contributed by atoms with Crippen LogP contribution in [0.1, 0.15) is 33.6 Å². The summed E-state index contributed by atoms with van der Waals surface area (Å²) in [5.74, 6) is -0.786. The van der Waals surface area contributed by atoms with Crippen LogP contribution in [-0.2, 0) is 9.53 Å². The minimum absolute atomic E-state index is 0.217. The third kappa shape index (κ3) is 5.33. The standard InChI is InChI=1S/C13H26N2O3/c1-10(2)18-8-7-15(4)9-13(3,12(16)17)14-11-5-6-11/h10-11,14H,5-9H2,1-4H3,(H,16,17). The van der Waals surface area contributed by atoms with E-state index in [2.05, 4.69) is 5.32 Å². The Morgan fingerprint density at radius 2 is 2.17 bits per heavy atom. The van der Waals surface area contributed by atoms with Crippen LogP contribution < -0.4 is 5.32 Å².